The topological polar surface area (TPSA) is 56.1 Å². The Morgan fingerprint density at radius 3 is 2.60 bits per heavy atom. The molecule has 0 rings (SSSR count). The highest BCUT2D eigenvalue weighted by atomic mass is 16.3. The van der Waals surface area contributed by atoms with Gasteiger partial charge in [-0.05, 0) is 19.9 Å². The average molecular weight is 142 g/mol. The first kappa shape index (κ1) is 9.17. The maximum atomic E-state index is 8.41. The number of hydrogen-bond donors (Lipinski definition) is 3. The lowest BCUT2D eigenvalue weighted by Gasteiger charge is -2.02. The molecule has 0 radical (unpaired) electrons. The number of nitrogens with one attached hydrogen (secondary N) is 2. The van der Waals surface area contributed by atoms with Crippen LogP contribution < -0.4 is 5.32 Å². The Hall–Kier alpha value is -0.830. The molecular weight excluding hydrogens is 128 g/mol. The van der Waals surface area contributed by atoms with Crippen molar-refractivity contribution in [2.45, 2.75) is 13.8 Å². The van der Waals surface area contributed by atoms with Gasteiger partial charge >= 0.3 is 0 Å². The summed E-state index contributed by atoms with van der Waals surface area (Å²) >= 11 is 0. The zero-order valence-electron chi connectivity index (χ0n) is 6.44. The number of rotatable bonds is 4. The van der Waals surface area contributed by atoms with Crippen molar-refractivity contribution in [3.63, 3.8) is 0 Å². The van der Waals surface area contributed by atoms with E-state index in [-0.39, 0.29) is 6.61 Å². The molecule has 3 N–H and O–H groups in total. The first-order valence-electron chi connectivity index (χ1n) is 3.25. The van der Waals surface area contributed by atoms with Crippen molar-refractivity contribution >= 4 is 5.71 Å². The molecule has 58 valence electrons. The van der Waals surface area contributed by atoms with Gasteiger partial charge in [-0.25, -0.2) is 0 Å². The van der Waals surface area contributed by atoms with E-state index in [0.29, 0.717) is 12.3 Å². The first-order chi connectivity index (χ1) is 4.66. The van der Waals surface area contributed by atoms with Gasteiger partial charge in [-0.1, -0.05) is 0 Å². The van der Waals surface area contributed by atoms with E-state index in [1.807, 2.05) is 6.92 Å². The second-order valence-corrected chi connectivity index (χ2v) is 2.16. The van der Waals surface area contributed by atoms with Crippen LogP contribution in [0, 0.1) is 5.41 Å². The summed E-state index contributed by atoms with van der Waals surface area (Å²) in [5.41, 5.74) is 1.43. The molecule has 10 heavy (non-hydrogen) atoms. The highest BCUT2D eigenvalue weighted by Gasteiger charge is 1.86. The minimum atomic E-state index is 0.127. The molecule has 0 amide bonds. The third-order valence-corrected chi connectivity index (χ3v) is 0.949. The molecule has 0 aliphatic rings. The second kappa shape index (κ2) is 4.99. The van der Waals surface area contributed by atoms with Gasteiger partial charge in [0.1, 0.15) is 0 Å². The van der Waals surface area contributed by atoms with Crippen LogP contribution in [0.3, 0.4) is 0 Å². The molecule has 3 nitrogen and oxygen atoms in total. The van der Waals surface area contributed by atoms with E-state index >= 15 is 0 Å². The first-order valence-corrected chi connectivity index (χ1v) is 3.25. The van der Waals surface area contributed by atoms with Crippen LogP contribution in [-0.4, -0.2) is 24.0 Å². The van der Waals surface area contributed by atoms with Gasteiger partial charge in [0.25, 0.3) is 0 Å². The van der Waals surface area contributed by atoms with E-state index in [2.05, 4.69) is 5.32 Å². The Kier molecular flexibility index (Phi) is 4.58. The van der Waals surface area contributed by atoms with Crippen molar-refractivity contribution in [1.82, 2.24) is 5.32 Å². The molecule has 0 heterocycles. The lowest BCUT2D eigenvalue weighted by molar-refractivity contribution is 0.297. The van der Waals surface area contributed by atoms with Gasteiger partial charge in [0, 0.05) is 18.0 Å². The fraction of sp³-hybridized carbons (Fsp3) is 0.571. The molecule has 0 aromatic heterocycles. The van der Waals surface area contributed by atoms with E-state index in [1.165, 1.54) is 0 Å². The molecule has 0 aliphatic heterocycles. The maximum Gasteiger partial charge on any atom is 0.0603 e. The van der Waals surface area contributed by atoms with E-state index in [9.17, 15) is 0 Å². The lowest BCUT2D eigenvalue weighted by Crippen LogP contribution is -2.16. The lowest BCUT2D eigenvalue weighted by atomic mass is 10.3. The van der Waals surface area contributed by atoms with E-state index in [0.717, 1.165) is 5.70 Å². The summed E-state index contributed by atoms with van der Waals surface area (Å²) in [5.74, 6) is 0. The Morgan fingerprint density at radius 1 is 1.60 bits per heavy atom. The summed E-state index contributed by atoms with van der Waals surface area (Å²) in [6.45, 7) is 4.26. The van der Waals surface area contributed by atoms with Crippen LogP contribution in [0.25, 0.3) is 0 Å². The maximum absolute atomic E-state index is 8.41. The molecule has 0 fully saturated rings. The van der Waals surface area contributed by atoms with Crippen LogP contribution in [0.4, 0.5) is 0 Å². The summed E-state index contributed by atoms with van der Waals surface area (Å²) < 4.78 is 0. The fourth-order valence-electron chi connectivity index (χ4n) is 0.629. The van der Waals surface area contributed by atoms with Gasteiger partial charge in [-0.2, -0.15) is 0 Å². The molecule has 0 spiro atoms. The molecule has 0 saturated carbocycles. The smallest absolute Gasteiger partial charge is 0.0603 e. The third-order valence-electron chi connectivity index (χ3n) is 0.949. The molecular formula is C7H14N2O. The summed E-state index contributed by atoms with van der Waals surface area (Å²) in [7, 11) is 0. The van der Waals surface area contributed by atoms with E-state index < -0.39 is 0 Å². The number of aliphatic hydroxyl groups is 1. The molecule has 0 bridgehead atoms. The van der Waals surface area contributed by atoms with Crippen molar-refractivity contribution in [3.8, 4) is 0 Å². The van der Waals surface area contributed by atoms with Crippen LogP contribution in [-0.2, 0) is 0 Å². The van der Waals surface area contributed by atoms with Gasteiger partial charge in [0.05, 0.1) is 6.61 Å². The summed E-state index contributed by atoms with van der Waals surface area (Å²) in [6, 6.07) is 0. The van der Waals surface area contributed by atoms with Crippen molar-refractivity contribution in [2.24, 2.45) is 0 Å². The largest absolute Gasteiger partial charge is 0.395 e. The Bertz CT molecular complexity index is 141. The highest BCUT2D eigenvalue weighted by Crippen LogP contribution is 1.85. The third kappa shape index (κ3) is 5.31. The van der Waals surface area contributed by atoms with E-state index in [4.69, 9.17) is 10.5 Å². The second-order valence-electron chi connectivity index (χ2n) is 2.16. The van der Waals surface area contributed by atoms with Gasteiger partial charge in [0.2, 0.25) is 0 Å². The quantitative estimate of drug-likeness (QED) is 0.501. The normalized spacial score (nSPS) is 11.3. The van der Waals surface area contributed by atoms with Crippen LogP contribution in [0.15, 0.2) is 11.8 Å². The standard InChI is InChI=1S/C7H14N2O/c1-6(8)5-7(2)9-3-4-10/h5,8-10H,3-4H2,1-2H3/b7-5-,8-6?. The van der Waals surface area contributed by atoms with Gasteiger partial charge in [-0.3, -0.25) is 0 Å². The predicted molar refractivity (Wildman–Crippen MR) is 42.2 cm³/mol. The molecule has 3 heteroatoms. The Labute approximate surface area is 61.3 Å². The van der Waals surface area contributed by atoms with Gasteiger partial charge in [-0.15, -0.1) is 0 Å². The number of aliphatic hydroxyl groups excluding tert-OH is 1. The molecule has 0 atom stereocenters. The highest BCUT2D eigenvalue weighted by molar-refractivity contribution is 5.90. The molecule has 0 aromatic carbocycles. The van der Waals surface area contributed by atoms with E-state index in [1.54, 1.807) is 13.0 Å². The zero-order valence-corrected chi connectivity index (χ0v) is 6.44. The molecule has 0 unspecified atom stereocenters. The minimum absolute atomic E-state index is 0.127. The summed E-state index contributed by atoms with van der Waals surface area (Å²) in [4.78, 5) is 0. The number of allylic oxidation sites excluding steroid dienone is 2. The van der Waals surface area contributed by atoms with Gasteiger partial charge in [0.15, 0.2) is 0 Å². The number of hydrogen-bond acceptors (Lipinski definition) is 3. The molecule has 0 aliphatic carbocycles. The minimum Gasteiger partial charge on any atom is -0.395 e. The Morgan fingerprint density at radius 2 is 2.20 bits per heavy atom. The summed E-state index contributed by atoms with van der Waals surface area (Å²) in [6.07, 6.45) is 1.72. The van der Waals surface area contributed by atoms with Gasteiger partial charge < -0.3 is 15.8 Å². The zero-order chi connectivity index (χ0) is 7.98. The molecule has 0 saturated heterocycles. The fourth-order valence-corrected chi connectivity index (χ4v) is 0.629. The average Bonchev–Trinajstić information content (AvgIpc) is 1.82. The predicted octanol–water partition coefficient (Wildman–Crippen LogP) is 0.512. The van der Waals surface area contributed by atoms with Crippen LogP contribution >= 0.6 is 0 Å². The van der Waals surface area contributed by atoms with Crippen molar-refractivity contribution in [2.75, 3.05) is 13.2 Å². The molecule has 0 aromatic rings. The van der Waals surface area contributed by atoms with Crippen molar-refractivity contribution in [1.29, 1.82) is 5.41 Å². The SMILES string of the molecule is CC(=N)/C=C(/C)NCCO. The van der Waals surface area contributed by atoms with Crippen LogP contribution in [0.2, 0.25) is 0 Å². The monoisotopic (exact) mass is 142 g/mol. The summed E-state index contributed by atoms with van der Waals surface area (Å²) in [5, 5.41) is 18.4. The van der Waals surface area contributed by atoms with Crippen molar-refractivity contribution in [3.05, 3.63) is 11.8 Å². The van der Waals surface area contributed by atoms with Crippen molar-refractivity contribution < 1.29 is 5.11 Å². The van der Waals surface area contributed by atoms with Crippen LogP contribution in [0.1, 0.15) is 13.8 Å². The Balaban J connectivity index is 3.60. The van der Waals surface area contributed by atoms with Crippen LogP contribution in [0.5, 0.6) is 0 Å².